The maximum Gasteiger partial charge on any atom is 0.233 e. The van der Waals surface area contributed by atoms with Crippen LogP contribution in [0.5, 0.6) is 5.75 Å². The molecule has 0 aliphatic rings. The summed E-state index contributed by atoms with van der Waals surface area (Å²) in [6.07, 6.45) is 0. The van der Waals surface area contributed by atoms with Crippen LogP contribution in [0.4, 0.5) is 0 Å². The number of ether oxygens (including phenoxy) is 1. The van der Waals surface area contributed by atoms with Crippen molar-refractivity contribution < 1.29 is 9.53 Å². The van der Waals surface area contributed by atoms with E-state index in [1.807, 2.05) is 45.0 Å². The van der Waals surface area contributed by atoms with Crippen molar-refractivity contribution in [1.82, 2.24) is 19.8 Å². The van der Waals surface area contributed by atoms with Gasteiger partial charge in [-0.3, -0.25) is 4.79 Å². The zero-order chi connectivity index (χ0) is 18.9. The van der Waals surface area contributed by atoms with Crippen LogP contribution < -0.4 is 10.6 Å². The van der Waals surface area contributed by atoms with Crippen LogP contribution in [-0.2, 0) is 4.79 Å². The molecular weight excluding hydrogens is 370 g/mol. The monoisotopic (exact) mass is 395 g/mol. The molecule has 1 heterocycles. The summed E-state index contributed by atoms with van der Waals surface area (Å²) in [4.78, 5) is 13.8. The van der Waals surface area contributed by atoms with Crippen LogP contribution in [0, 0.1) is 6.92 Å². The zero-order valence-corrected chi connectivity index (χ0v) is 17.0. The van der Waals surface area contributed by atoms with Crippen LogP contribution >= 0.6 is 23.5 Å². The number of benzene rings is 1. The van der Waals surface area contributed by atoms with Crippen LogP contribution in [0.25, 0.3) is 0 Å². The van der Waals surface area contributed by atoms with Gasteiger partial charge < -0.3 is 15.5 Å². The highest BCUT2D eigenvalue weighted by Crippen LogP contribution is 2.21. The lowest BCUT2D eigenvalue weighted by molar-refractivity contribution is -0.127. The van der Waals surface area contributed by atoms with Crippen LogP contribution in [0.15, 0.2) is 34.6 Å². The van der Waals surface area contributed by atoms with Crippen LogP contribution in [-0.4, -0.2) is 56.9 Å². The number of amides is 1. The Balaban J connectivity index is 1.78. The van der Waals surface area contributed by atoms with E-state index in [9.17, 15) is 4.79 Å². The van der Waals surface area contributed by atoms with Crippen molar-refractivity contribution in [2.24, 2.45) is 0 Å². The van der Waals surface area contributed by atoms with E-state index >= 15 is 0 Å². The lowest BCUT2D eigenvalue weighted by Gasteiger charge is -2.17. The number of aromatic nitrogens is 3. The summed E-state index contributed by atoms with van der Waals surface area (Å²) < 4.78 is 7.14. The molecule has 0 saturated carbocycles. The number of nitrogen functional groups attached to an aromatic ring is 1. The van der Waals surface area contributed by atoms with E-state index in [-0.39, 0.29) is 5.91 Å². The Hall–Kier alpha value is -1.87. The summed E-state index contributed by atoms with van der Waals surface area (Å²) in [5.74, 6) is 7.96. The van der Waals surface area contributed by atoms with Crippen molar-refractivity contribution in [3.05, 3.63) is 29.8 Å². The molecule has 0 radical (unpaired) electrons. The van der Waals surface area contributed by atoms with Gasteiger partial charge in [0.05, 0.1) is 12.4 Å². The van der Waals surface area contributed by atoms with E-state index in [0.717, 1.165) is 11.3 Å². The van der Waals surface area contributed by atoms with Crippen molar-refractivity contribution in [3.63, 3.8) is 0 Å². The standard InChI is InChI=1S/C17H25N5O2S2/c1-4-21(5-2)15(23)12-26-17-20-19-16(22(17)18)25-10-9-24-14-8-6-7-13(3)11-14/h6-8,11H,4-5,9-10,12,18H2,1-3H3. The molecule has 2 rings (SSSR count). The third-order valence-electron chi connectivity index (χ3n) is 3.65. The van der Waals surface area contributed by atoms with Gasteiger partial charge in [-0.25, -0.2) is 4.68 Å². The van der Waals surface area contributed by atoms with Crippen molar-refractivity contribution in [3.8, 4) is 5.75 Å². The SMILES string of the molecule is CCN(CC)C(=O)CSc1nnc(SCCOc2cccc(C)c2)n1N. The number of hydrogen-bond acceptors (Lipinski definition) is 7. The fraction of sp³-hybridized carbons (Fsp3) is 0.471. The first-order chi connectivity index (χ1) is 12.5. The first kappa shape index (κ1) is 20.4. The molecule has 0 atom stereocenters. The van der Waals surface area contributed by atoms with Gasteiger partial charge in [0.15, 0.2) is 0 Å². The Morgan fingerprint density at radius 1 is 1.23 bits per heavy atom. The van der Waals surface area contributed by atoms with Crippen LogP contribution in [0.1, 0.15) is 19.4 Å². The highest BCUT2D eigenvalue weighted by atomic mass is 32.2. The summed E-state index contributed by atoms with van der Waals surface area (Å²) >= 11 is 2.77. The van der Waals surface area contributed by atoms with Gasteiger partial charge in [0.25, 0.3) is 0 Å². The van der Waals surface area contributed by atoms with Gasteiger partial charge in [0.2, 0.25) is 16.2 Å². The molecular formula is C17H25N5O2S2. The predicted octanol–water partition coefficient (Wildman–Crippen LogP) is 2.43. The zero-order valence-electron chi connectivity index (χ0n) is 15.3. The summed E-state index contributed by atoms with van der Waals surface area (Å²) in [7, 11) is 0. The first-order valence-electron chi connectivity index (χ1n) is 8.48. The molecule has 142 valence electrons. The van der Waals surface area contributed by atoms with E-state index < -0.39 is 0 Å². The highest BCUT2D eigenvalue weighted by molar-refractivity contribution is 8.00. The second-order valence-electron chi connectivity index (χ2n) is 5.50. The lowest BCUT2D eigenvalue weighted by atomic mass is 10.2. The minimum atomic E-state index is 0.0729. The molecule has 0 fully saturated rings. The van der Waals surface area contributed by atoms with Gasteiger partial charge in [-0.15, -0.1) is 10.2 Å². The van der Waals surface area contributed by atoms with Crippen molar-refractivity contribution >= 4 is 29.4 Å². The maximum absolute atomic E-state index is 12.1. The molecule has 7 nitrogen and oxygen atoms in total. The fourth-order valence-corrected chi connectivity index (χ4v) is 3.74. The van der Waals surface area contributed by atoms with Gasteiger partial charge in [0, 0.05) is 18.8 Å². The molecule has 2 N–H and O–H groups in total. The van der Waals surface area contributed by atoms with Crippen molar-refractivity contribution in [2.75, 3.05) is 37.0 Å². The molecule has 0 unspecified atom stereocenters. The molecule has 0 aliphatic carbocycles. The smallest absolute Gasteiger partial charge is 0.233 e. The van der Waals surface area contributed by atoms with E-state index in [4.69, 9.17) is 10.6 Å². The number of nitrogens with two attached hydrogens (primary N) is 1. The first-order valence-corrected chi connectivity index (χ1v) is 10.5. The van der Waals surface area contributed by atoms with Crippen molar-refractivity contribution in [1.29, 1.82) is 0 Å². The van der Waals surface area contributed by atoms with Crippen molar-refractivity contribution in [2.45, 2.75) is 31.1 Å². The molecule has 0 bridgehead atoms. The third kappa shape index (κ3) is 5.84. The Morgan fingerprint density at radius 3 is 2.58 bits per heavy atom. The Labute approximate surface area is 162 Å². The van der Waals surface area contributed by atoms with Crippen LogP contribution in [0.2, 0.25) is 0 Å². The number of hydrogen-bond donors (Lipinski definition) is 1. The van der Waals surface area contributed by atoms with E-state index in [1.165, 1.54) is 28.2 Å². The number of carbonyl (C=O) groups excluding carboxylic acids is 1. The second kappa shape index (κ2) is 10.3. The summed E-state index contributed by atoms with van der Waals surface area (Å²) in [6, 6.07) is 7.93. The van der Waals surface area contributed by atoms with E-state index in [1.54, 1.807) is 4.90 Å². The normalized spacial score (nSPS) is 10.7. The molecule has 1 aromatic carbocycles. The lowest BCUT2D eigenvalue weighted by Crippen LogP contribution is -2.32. The van der Waals surface area contributed by atoms with Gasteiger partial charge >= 0.3 is 0 Å². The minimum Gasteiger partial charge on any atom is -0.493 e. The Bertz CT molecular complexity index is 719. The number of carbonyl (C=O) groups is 1. The molecule has 26 heavy (non-hydrogen) atoms. The number of thioether (sulfide) groups is 2. The summed E-state index contributed by atoms with van der Waals surface area (Å²) in [5, 5.41) is 9.29. The predicted molar refractivity (Wildman–Crippen MR) is 106 cm³/mol. The molecule has 1 amide bonds. The molecule has 0 saturated heterocycles. The van der Waals surface area contributed by atoms with E-state index in [2.05, 4.69) is 10.2 Å². The topological polar surface area (TPSA) is 86.3 Å². The Kier molecular flexibility index (Phi) is 8.11. The fourth-order valence-electron chi connectivity index (χ4n) is 2.25. The number of aryl methyl sites for hydroxylation is 1. The molecule has 0 spiro atoms. The highest BCUT2D eigenvalue weighted by Gasteiger charge is 2.15. The second-order valence-corrected chi connectivity index (χ2v) is 7.51. The maximum atomic E-state index is 12.1. The van der Waals surface area contributed by atoms with Gasteiger partial charge in [-0.1, -0.05) is 35.7 Å². The Morgan fingerprint density at radius 2 is 1.92 bits per heavy atom. The number of nitrogens with zero attached hydrogens (tertiary/aromatic N) is 4. The van der Waals surface area contributed by atoms with Gasteiger partial charge in [-0.05, 0) is 38.5 Å². The average molecular weight is 396 g/mol. The third-order valence-corrected chi connectivity index (χ3v) is 5.48. The number of rotatable bonds is 10. The largest absolute Gasteiger partial charge is 0.493 e. The molecule has 2 aromatic rings. The van der Waals surface area contributed by atoms with E-state index in [0.29, 0.717) is 41.5 Å². The molecule has 1 aromatic heterocycles. The summed E-state index contributed by atoms with van der Waals surface area (Å²) in [5.41, 5.74) is 1.16. The molecule has 0 aliphatic heterocycles. The summed E-state index contributed by atoms with van der Waals surface area (Å²) in [6.45, 7) is 7.91. The molecule has 9 heteroatoms. The van der Waals surface area contributed by atoms with Crippen LogP contribution in [0.3, 0.4) is 0 Å². The minimum absolute atomic E-state index is 0.0729. The van der Waals surface area contributed by atoms with Gasteiger partial charge in [0.1, 0.15) is 5.75 Å². The van der Waals surface area contributed by atoms with Gasteiger partial charge in [-0.2, -0.15) is 0 Å². The quantitative estimate of drug-likeness (QED) is 0.376. The average Bonchev–Trinajstić information content (AvgIpc) is 2.98.